The highest BCUT2D eigenvalue weighted by atomic mass is 19.4. The molecule has 99 valence electrons. The van der Waals surface area contributed by atoms with Gasteiger partial charge in [-0.2, -0.15) is 13.2 Å². The topological polar surface area (TPSA) is 0 Å². The Labute approximate surface area is 110 Å². The fourth-order valence-corrected chi connectivity index (χ4v) is 1.94. The Morgan fingerprint density at radius 1 is 0.895 bits per heavy atom. The van der Waals surface area contributed by atoms with Gasteiger partial charge in [0.25, 0.3) is 0 Å². The van der Waals surface area contributed by atoms with Gasteiger partial charge in [0.15, 0.2) is 0 Å². The van der Waals surface area contributed by atoms with Gasteiger partial charge in [0, 0.05) is 0 Å². The Hall–Kier alpha value is -1.77. The first-order valence-electron chi connectivity index (χ1n) is 6.06. The average Bonchev–Trinajstić information content (AvgIpc) is 2.39. The van der Waals surface area contributed by atoms with Crippen LogP contribution in [0.1, 0.15) is 17.5 Å². The molecule has 0 heterocycles. The van der Waals surface area contributed by atoms with Crippen molar-refractivity contribution in [3.05, 3.63) is 66.6 Å². The fourth-order valence-electron chi connectivity index (χ4n) is 1.94. The molecule has 0 aromatic heterocycles. The van der Waals surface area contributed by atoms with E-state index < -0.39 is 11.7 Å². The van der Waals surface area contributed by atoms with Gasteiger partial charge in [-0.3, -0.25) is 0 Å². The Kier molecular flexibility index (Phi) is 3.93. The largest absolute Gasteiger partial charge is 0.416 e. The van der Waals surface area contributed by atoms with E-state index in [0.717, 1.165) is 30.0 Å². The Balaban J connectivity index is 2.31. The molecular weight excluding hydrogens is 249 g/mol. The first kappa shape index (κ1) is 13.7. The van der Waals surface area contributed by atoms with Crippen molar-refractivity contribution in [2.45, 2.75) is 19.0 Å². The predicted octanol–water partition coefficient (Wildman–Crippen LogP) is 5.14. The van der Waals surface area contributed by atoms with Crippen molar-refractivity contribution in [2.75, 3.05) is 0 Å². The standard InChI is InChI=1S/C16H14F3/c1-2-4-12-7-9-13(10-8-12)14-5-3-6-15(11-14)16(17,18)19/h3,5-11H,1-2,4H2. The number of hydrogen-bond acceptors (Lipinski definition) is 0. The van der Waals surface area contributed by atoms with Crippen LogP contribution in [0.15, 0.2) is 48.5 Å². The van der Waals surface area contributed by atoms with Gasteiger partial charge in [0.2, 0.25) is 0 Å². The Morgan fingerprint density at radius 2 is 1.58 bits per heavy atom. The third kappa shape index (κ3) is 3.37. The summed E-state index contributed by atoms with van der Waals surface area (Å²) in [7, 11) is 0. The molecule has 0 saturated heterocycles. The number of halogens is 3. The van der Waals surface area contributed by atoms with Crippen molar-refractivity contribution < 1.29 is 13.2 Å². The summed E-state index contributed by atoms with van der Waals surface area (Å²) >= 11 is 0. The second-order valence-corrected chi connectivity index (χ2v) is 4.38. The van der Waals surface area contributed by atoms with Gasteiger partial charge in [-0.1, -0.05) is 43.3 Å². The molecule has 0 fully saturated rings. The highest BCUT2D eigenvalue weighted by molar-refractivity contribution is 5.64. The second-order valence-electron chi connectivity index (χ2n) is 4.38. The van der Waals surface area contributed by atoms with Crippen molar-refractivity contribution in [1.29, 1.82) is 0 Å². The molecule has 0 bridgehead atoms. The van der Waals surface area contributed by atoms with Gasteiger partial charge < -0.3 is 0 Å². The number of aryl methyl sites for hydroxylation is 1. The number of benzene rings is 2. The lowest BCUT2D eigenvalue weighted by atomic mass is 10.0. The third-order valence-electron chi connectivity index (χ3n) is 2.94. The molecule has 0 atom stereocenters. The van der Waals surface area contributed by atoms with Crippen LogP contribution < -0.4 is 0 Å². The van der Waals surface area contributed by atoms with Crippen LogP contribution in [0.25, 0.3) is 11.1 Å². The summed E-state index contributed by atoms with van der Waals surface area (Å²) in [5.41, 5.74) is 1.90. The minimum Gasteiger partial charge on any atom is -0.166 e. The average molecular weight is 263 g/mol. The second kappa shape index (κ2) is 5.47. The van der Waals surface area contributed by atoms with Crippen molar-refractivity contribution in [3.8, 4) is 11.1 Å². The van der Waals surface area contributed by atoms with Gasteiger partial charge in [-0.25, -0.2) is 0 Å². The van der Waals surface area contributed by atoms with E-state index in [1.807, 2.05) is 24.3 Å². The van der Waals surface area contributed by atoms with E-state index in [-0.39, 0.29) is 0 Å². The van der Waals surface area contributed by atoms with Gasteiger partial charge in [0.1, 0.15) is 0 Å². The molecule has 0 nitrogen and oxygen atoms in total. The summed E-state index contributed by atoms with van der Waals surface area (Å²) in [4.78, 5) is 0. The summed E-state index contributed by atoms with van der Waals surface area (Å²) in [5, 5.41) is 0. The van der Waals surface area contributed by atoms with E-state index >= 15 is 0 Å². The van der Waals surface area contributed by atoms with Gasteiger partial charge >= 0.3 is 6.18 Å². The van der Waals surface area contributed by atoms with E-state index in [1.165, 1.54) is 12.1 Å². The van der Waals surface area contributed by atoms with Crippen LogP contribution in [0.5, 0.6) is 0 Å². The molecule has 2 rings (SSSR count). The van der Waals surface area contributed by atoms with E-state index in [1.54, 1.807) is 6.07 Å². The maximum atomic E-state index is 12.6. The molecule has 1 radical (unpaired) electrons. The SMILES string of the molecule is [CH2]CCc1ccc(-c2cccc(C(F)(F)F)c2)cc1. The van der Waals surface area contributed by atoms with Crippen molar-refractivity contribution in [1.82, 2.24) is 0 Å². The maximum Gasteiger partial charge on any atom is 0.416 e. The highest BCUT2D eigenvalue weighted by Gasteiger charge is 2.30. The smallest absolute Gasteiger partial charge is 0.166 e. The van der Waals surface area contributed by atoms with Crippen LogP contribution in [0.4, 0.5) is 13.2 Å². The maximum absolute atomic E-state index is 12.6. The first-order valence-corrected chi connectivity index (χ1v) is 6.06. The van der Waals surface area contributed by atoms with Crippen LogP contribution in [0.2, 0.25) is 0 Å². The van der Waals surface area contributed by atoms with E-state index in [9.17, 15) is 13.2 Å². The van der Waals surface area contributed by atoms with Crippen molar-refractivity contribution in [3.63, 3.8) is 0 Å². The molecule has 0 N–H and O–H groups in total. The predicted molar refractivity (Wildman–Crippen MR) is 70.6 cm³/mol. The molecular formula is C16H14F3. The monoisotopic (exact) mass is 263 g/mol. The Bertz CT molecular complexity index is 539. The van der Waals surface area contributed by atoms with Crippen LogP contribution in [-0.2, 0) is 12.6 Å². The molecule has 0 saturated carbocycles. The quantitative estimate of drug-likeness (QED) is 0.719. The highest BCUT2D eigenvalue weighted by Crippen LogP contribution is 2.32. The molecule has 0 unspecified atom stereocenters. The molecule has 3 heteroatoms. The van der Waals surface area contributed by atoms with Gasteiger partial charge in [-0.15, -0.1) is 0 Å². The van der Waals surface area contributed by atoms with Crippen LogP contribution in [-0.4, -0.2) is 0 Å². The van der Waals surface area contributed by atoms with Crippen molar-refractivity contribution in [2.24, 2.45) is 0 Å². The van der Waals surface area contributed by atoms with Crippen LogP contribution in [0, 0.1) is 6.92 Å². The van der Waals surface area contributed by atoms with E-state index in [4.69, 9.17) is 0 Å². The summed E-state index contributed by atoms with van der Waals surface area (Å²) in [6, 6.07) is 12.9. The summed E-state index contributed by atoms with van der Waals surface area (Å²) in [5.74, 6) is 0. The summed E-state index contributed by atoms with van der Waals surface area (Å²) in [6.07, 6.45) is -2.62. The molecule has 19 heavy (non-hydrogen) atoms. The molecule has 0 amide bonds. The van der Waals surface area contributed by atoms with Gasteiger partial charge in [-0.05, 0) is 41.7 Å². The minimum atomic E-state index is -4.30. The molecule has 0 aliphatic rings. The minimum absolute atomic E-state index is 0.580. The lowest BCUT2D eigenvalue weighted by Gasteiger charge is -2.09. The van der Waals surface area contributed by atoms with Crippen molar-refractivity contribution >= 4 is 0 Å². The number of hydrogen-bond donors (Lipinski definition) is 0. The number of rotatable bonds is 3. The Morgan fingerprint density at radius 3 is 2.16 bits per heavy atom. The van der Waals surface area contributed by atoms with Crippen LogP contribution >= 0.6 is 0 Å². The zero-order valence-corrected chi connectivity index (χ0v) is 10.4. The van der Waals surface area contributed by atoms with E-state index in [0.29, 0.717) is 5.56 Å². The zero-order valence-electron chi connectivity index (χ0n) is 10.4. The molecule has 2 aromatic rings. The third-order valence-corrected chi connectivity index (χ3v) is 2.94. The summed E-state index contributed by atoms with van der Waals surface area (Å²) in [6.45, 7) is 3.78. The molecule has 0 aliphatic carbocycles. The molecule has 0 spiro atoms. The number of alkyl halides is 3. The fraction of sp³-hybridized carbons (Fsp3) is 0.188. The lowest BCUT2D eigenvalue weighted by molar-refractivity contribution is -0.137. The molecule has 2 aromatic carbocycles. The zero-order chi connectivity index (χ0) is 13.9. The molecule has 0 aliphatic heterocycles. The van der Waals surface area contributed by atoms with Gasteiger partial charge in [0.05, 0.1) is 5.56 Å². The lowest BCUT2D eigenvalue weighted by Crippen LogP contribution is -2.04. The summed E-state index contributed by atoms with van der Waals surface area (Å²) < 4.78 is 37.9. The van der Waals surface area contributed by atoms with E-state index in [2.05, 4.69) is 6.92 Å². The normalized spacial score (nSPS) is 11.6. The first-order chi connectivity index (χ1) is 9.00. The van der Waals surface area contributed by atoms with Crippen LogP contribution in [0.3, 0.4) is 0 Å².